The molecule has 0 fully saturated rings. The molecule has 0 aromatic carbocycles. The summed E-state index contributed by atoms with van der Waals surface area (Å²) in [4.78, 5) is 2.46. The Morgan fingerprint density at radius 1 is 0.941 bits per heavy atom. The van der Waals surface area contributed by atoms with E-state index in [1.807, 2.05) is 0 Å². The van der Waals surface area contributed by atoms with Crippen LogP contribution in [0.1, 0.15) is 74.1 Å². The molecule has 0 bridgehead atoms. The van der Waals surface area contributed by atoms with Gasteiger partial charge in [0.15, 0.2) is 0 Å². The first kappa shape index (κ1) is 17.0. The average Bonchev–Trinajstić information content (AvgIpc) is 2.07. The minimum Gasteiger partial charge on any atom is -0.302 e. The molecule has 0 N–H and O–H groups in total. The molecule has 1 heteroatoms. The van der Waals surface area contributed by atoms with Crippen LogP contribution in [0.4, 0.5) is 0 Å². The predicted molar refractivity (Wildman–Crippen MR) is 79.5 cm³/mol. The number of rotatable bonds is 6. The van der Waals surface area contributed by atoms with Gasteiger partial charge in [-0.2, -0.15) is 0 Å². The fourth-order valence-electron chi connectivity index (χ4n) is 2.32. The Morgan fingerprint density at radius 2 is 1.47 bits per heavy atom. The van der Waals surface area contributed by atoms with Crippen LogP contribution in [0.15, 0.2) is 0 Å². The van der Waals surface area contributed by atoms with Gasteiger partial charge in [0, 0.05) is 5.54 Å². The van der Waals surface area contributed by atoms with Gasteiger partial charge in [-0.25, -0.2) is 0 Å². The number of nitrogens with zero attached hydrogens (tertiary/aromatic N) is 1. The highest BCUT2D eigenvalue weighted by atomic mass is 15.1. The highest BCUT2D eigenvalue weighted by Crippen LogP contribution is 2.27. The molecule has 0 rings (SSSR count). The van der Waals surface area contributed by atoms with Gasteiger partial charge >= 0.3 is 0 Å². The molecule has 0 aromatic rings. The lowest BCUT2D eigenvalue weighted by Gasteiger charge is -2.32. The maximum Gasteiger partial charge on any atom is 0.0122 e. The van der Waals surface area contributed by atoms with E-state index in [-0.39, 0.29) is 0 Å². The van der Waals surface area contributed by atoms with Crippen molar-refractivity contribution in [2.24, 2.45) is 11.3 Å². The van der Waals surface area contributed by atoms with Gasteiger partial charge in [-0.3, -0.25) is 0 Å². The molecule has 0 spiro atoms. The van der Waals surface area contributed by atoms with Gasteiger partial charge in [0.25, 0.3) is 0 Å². The second-order valence-corrected chi connectivity index (χ2v) is 7.96. The molecule has 0 saturated carbocycles. The summed E-state index contributed by atoms with van der Waals surface area (Å²) in [5.74, 6) is 0.870. The summed E-state index contributed by atoms with van der Waals surface area (Å²) in [6.45, 7) is 17.5. The molecule has 104 valence electrons. The van der Waals surface area contributed by atoms with E-state index in [1.165, 1.54) is 32.2 Å². The van der Waals surface area contributed by atoms with E-state index < -0.39 is 0 Å². The highest BCUT2D eigenvalue weighted by molar-refractivity contribution is 4.72. The minimum absolute atomic E-state index is 0.316. The number of hydrogen-bond donors (Lipinski definition) is 0. The van der Waals surface area contributed by atoms with Gasteiger partial charge in [0.2, 0.25) is 0 Å². The maximum atomic E-state index is 2.46. The maximum absolute atomic E-state index is 2.46. The molecular formula is C16H35N. The molecule has 0 saturated heterocycles. The zero-order chi connectivity index (χ0) is 13.7. The van der Waals surface area contributed by atoms with Gasteiger partial charge in [0.1, 0.15) is 0 Å². The fraction of sp³-hybridized carbons (Fsp3) is 1.00. The van der Waals surface area contributed by atoms with E-state index in [1.54, 1.807) is 0 Å². The van der Waals surface area contributed by atoms with Crippen molar-refractivity contribution in [1.82, 2.24) is 4.90 Å². The molecule has 0 aromatic heterocycles. The summed E-state index contributed by atoms with van der Waals surface area (Å²) >= 11 is 0. The SMILES string of the molecule is CC(CCCCN(C)C(C)(C)C)CC(C)(C)C. The molecule has 1 nitrogen and oxygen atoms in total. The van der Waals surface area contributed by atoms with Crippen LogP contribution in [-0.4, -0.2) is 24.0 Å². The lowest BCUT2D eigenvalue weighted by atomic mass is 9.83. The Hall–Kier alpha value is -0.0400. The van der Waals surface area contributed by atoms with Crippen LogP contribution in [0.3, 0.4) is 0 Å². The van der Waals surface area contributed by atoms with Crippen molar-refractivity contribution in [2.75, 3.05) is 13.6 Å². The molecular weight excluding hydrogens is 206 g/mol. The van der Waals surface area contributed by atoms with Crippen LogP contribution in [0, 0.1) is 11.3 Å². The van der Waals surface area contributed by atoms with Crippen molar-refractivity contribution in [3.63, 3.8) is 0 Å². The van der Waals surface area contributed by atoms with Gasteiger partial charge in [-0.05, 0) is 58.5 Å². The second-order valence-electron chi connectivity index (χ2n) is 7.96. The number of unbranched alkanes of at least 4 members (excludes halogenated alkanes) is 1. The quantitative estimate of drug-likeness (QED) is 0.594. The first-order valence-corrected chi connectivity index (χ1v) is 7.23. The van der Waals surface area contributed by atoms with E-state index in [2.05, 4.69) is 60.4 Å². The predicted octanol–water partition coefficient (Wildman–Crippen LogP) is 4.96. The van der Waals surface area contributed by atoms with Crippen LogP contribution < -0.4 is 0 Å². The molecule has 0 heterocycles. The smallest absolute Gasteiger partial charge is 0.0122 e. The van der Waals surface area contributed by atoms with Crippen molar-refractivity contribution < 1.29 is 0 Å². The summed E-state index contributed by atoms with van der Waals surface area (Å²) < 4.78 is 0. The van der Waals surface area contributed by atoms with E-state index in [9.17, 15) is 0 Å². The second kappa shape index (κ2) is 6.78. The minimum atomic E-state index is 0.316. The van der Waals surface area contributed by atoms with Crippen LogP contribution >= 0.6 is 0 Å². The summed E-state index contributed by atoms with van der Waals surface area (Å²) in [6, 6.07) is 0. The first-order valence-electron chi connectivity index (χ1n) is 7.23. The van der Waals surface area contributed by atoms with Crippen molar-refractivity contribution in [3.8, 4) is 0 Å². The Balaban J connectivity index is 3.65. The third kappa shape index (κ3) is 9.64. The van der Waals surface area contributed by atoms with Crippen molar-refractivity contribution in [3.05, 3.63) is 0 Å². The van der Waals surface area contributed by atoms with Gasteiger partial charge in [-0.1, -0.05) is 40.5 Å². The zero-order valence-corrected chi connectivity index (χ0v) is 13.6. The molecule has 0 amide bonds. The lowest BCUT2D eigenvalue weighted by molar-refractivity contribution is 0.170. The Labute approximate surface area is 110 Å². The topological polar surface area (TPSA) is 3.24 Å². The molecule has 0 radical (unpaired) electrons. The zero-order valence-electron chi connectivity index (χ0n) is 13.6. The largest absolute Gasteiger partial charge is 0.302 e. The van der Waals surface area contributed by atoms with Gasteiger partial charge < -0.3 is 4.90 Å². The van der Waals surface area contributed by atoms with E-state index in [0.29, 0.717) is 11.0 Å². The summed E-state index contributed by atoms with van der Waals surface area (Å²) in [6.07, 6.45) is 5.44. The summed E-state index contributed by atoms with van der Waals surface area (Å²) in [5, 5.41) is 0. The van der Waals surface area contributed by atoms with Crippen molar-refractivity contribution in [2.45, 2.75) is 79.7 Å². The summed E-state index contributed by atoms with van der Waals surface area (Å²) in [7, 11) is 2.23. The monoisotopic (exact) mass is 241 g/mol. The third-order valence-corrected chi connectivity index (χ3v) is 3.55. The molecule has 0 aliphatic heterocycles. The first-order chi connectivity index (χ1) is 7.52. The van der Waals surface area contributed by atoms with Crippen molar-refractivity contribution in [1.29, 1.82) is 0 Å². The number of hydrogen-bond acceptors (Lipinski definition) is 1. The standard InChI is InChI=1S/C16H35N/c1-14(13-15(2,3)4)11-9-10-12-17(8)16(5,6)7/h14H,9-13H2,1-8H3. The van der Waals surface area contributed by atoms with E-state index in [4.69, 9.17) is 0 Å². The van der Waals surface area contributed by atoms with E-state index >= 15 is 0 Å². The normalized spacial score (nSPS) is 15.4. The molecule has 0 aliphatic carbocycles. The average molecular weight is 241 g/mol. The lowest BCUT2D eigenvalue weighted by Crippen LogP contribution is -2.38. The van der Waals surface area contributed by atoms with Crippen LogP contribution in [0.5, 0.6) is 0 Å². The van der Waals surface area contributed by atoms with E-state index in [0.717, 1.165) is 5.92 Å². The Bertz CT molecular complexity index is 195. The Morgan fingerprint density at radius 3 is 1.88 bits per heavy atom. The summed E-state index contributed by atoms with van der Waals surface area (Å²) in [5.41, 5.74) is 0.804. The Kier molecular flexibility index (Phi) is 6.76. The molecule has 1 unspecified atom stereocenters. The molecule has 0 aliphatic rings. The van der Waals surface area contributed by atoms with Crippen molar-refractivity contribution >= 4 is 0 Å². The van der Waals surface area contributed by atoms with Gasteiger partial charge in [0.05, 0.1) is 0 Å². The highest BCUT2D eigenvalue weighted by Gasteiger charge is 2.17. The fourth-order valence-corrected chi connectivity index (χ4v) is 2.32. The molecule has 17 heavy (non-hydrogen) atoms. The third-order valence-electron chi connectivity index (χ3n) is 3.55. The van der Waals surface area contributed by atoms with Crippen LogP contribution in [0.2, 0.25) is 0 Å². The van der Waals surface area contributed by atoms with Crippen LogP contribution in [0.25, 0.3) is 0 Å². The van der Waals surface area contributed by atoms with Crippen LogP contribution in [-0.2, 0) is 0 Å². The molecule has 1 atom stereocenters. The van der Waals surface area contributed by atoms with Gasteiger partial charge in [-0.15, -0.1) is 0 Å².